The summed E-state index contributed by atoms with van der Waals surface area (Å²) in [5, 5.41) is 16.9. The number of nitrogens with one attached hydrogen (secondary N) is 1. The lowest BCUT2D eigenvalue weighted by Gasteiger charge is -2.27. The Kier molecular flexibility index (Phi) is 7.47. The average molecular weight is 502 g/mol. The Balaban J connectivity index is 1.41. The van der Waals surface area contributed by atoms with Gasteiger partial charge in [-0.05, 0) is 60.7 Å². The Morgan fingerprint density at radius 2 is 1.81 bits per heavy atom. The van der Waals surface area contributed by atoms with Crippen LogP contribution in [0.5, 0.6) is 5.75 Å². The van der Waals surface area contributed by atoms with Gasteiger partial charge in [0.2, 0.25) is 5.60 Å². The number of rotatable bonds is 10. The Bertz CT molecular complexity index is 1390. The quantitative estimate of drug-likeness (QED) is 0.293. The molecule has 192 valence electrons. The Hall–Kier alpha value is -4.33. The highest BCUT2D eigenvalue weighted by Crippen LogP contribution is 2.28. The molecular formula is C29H31N3O5. The Morgan fingerprint density at radius 1 is 1.08 bits per heavy atom. The monoisotopic (exact) mass is 501 g/mol. The first-order chi connectivity index (χ1) is 17.7. The van der Waals surface area contributed by atoms with Crippen LogP contribution in [0.3, 0.4) is 0 Å². The standard InChI is InChI=1S/C29H31N3O5/c1-5-13-29(3,28(34)35)37-26-11-6-20(15-19(26)2)17-30-27(33)24-16-25(32(4)31-24)22-9-7-21(8-10-22)23-12-14-36-18-23/h6-12,14-16,18H,5,13,17H2,1-4H3,(H,30,33)(H,34,35). The number of aryl methyl sites for hydroxylation is 2. The number of benzene rings is 2. The molecule has 8 heteroatoms. The van der Waals surface area contributed by atoms with E-state index in [2.05, 4.69) is 10.4 Å². The van der Waals surface area contributed by atoms with Gasteiger partial charge in [-0.15, -0.1) is 0 Å². The molecule has 4 aromatic rings. The minimum Gasteiger partial charge on any atom is -0.478 e. The second-order valence-electron chi connectivity index (χ2n) is 9.30. The number of furan rings is 1. The maximum Gasteiger partial charge on any atom is 0.347 e. The van der Waals surface area contributed by atoms with Crippen molar-refractivity contribution >= 4 is 11.9 Å². The van der Waals surface area contributed by atoms with Crippen LogP contribution >= 0.6 is 0 Å². The second-order valence-corrected chi connectivity index (χ2v) is 9.30. The Morgan fingerprint density at radius 3 is 2.43 bits per heavy atom. The van der Waals surface area contributed by atoms with Crippen molar-refractivity contribution in [3.63, 3.8) is 0 Å². The van der Waals surface area contributed by atoms with Crippen molar-refractivity contribution in [2.24, 2.45) is 7.05 Å². The number of amides is 1. The van der Waals surface area contributed by atoms with Gasteiger partial charge in [0, 0.05) is 19.2 Å². The molecule has 2 N–H and O–H groups in total. The first-order valence-electron chi connectivity index (χ1n) is 12.2. The molecule has 4 rings (SSSR count). The molecule has 1 atom stereocenters. The van der Waals surface area contributed by atoms with Crippen LogP contribution < -0.4 is 10.1 Å². The van der Waals surface area contributed by atoms with Crippen molar-refractivity contribution in [2.45, 2.75) is 45.8 Å². The molecule has 0 saturated heterocycles. The molecule has 0 aliphatic heterocycles. The molecule has 8 nitrogen and oxygen atoms in total. The first kappa shape index (κ1) is 25.8. The van der Waals surface area contributed by atoms with Gasteiger partial charge in [-0.1, -0.05) is 49.7 Å². The van der Waals surface area contributed by atoms with Gasteiger partial charge in [-0.2, -0.15) is 5.10 Å². The molecule has 0 aliphatic carbocycles. The minimum absolute atomic E-state index is 0.281. The summed E-state index contributed by atoms with van der Waals surface area (Å²) < 4.78 is 12.7. The SMILES string of the molecule is CCCC(C)(Oc1ccc(CNC(=O)c2cc(-c3ccc(-c4ccoc4)cc3)n(C)n2)cc1C)C(=O)O. The zero-order valence-electron chi connectivity index (χ0n) is 21.4. The third kappa shape index (κ3) is 5.74. The van der Waals surface area contributed by atoms with Crippen LogP contribution in [0.4, 0.5) is 0 Å². The fraction of sp³-hybridized carbons (Fsp3) is 0.276. The number of hydrogen-bond acceptors (Lipinski definition) is 5. The lowest BCUT2D eigenvalue weighted by molar-refractivity contribution is -0.154. The molecule has 0 saturated carbocycles. The van der Waals surface area contributed by atoms with Gasteiger partial charge in [0.25, 0.3) is 5.91 Å². The van der Waals surface area contributed by atoms with E-state index in [1.165, 1.54) is 0 Å². The van der Waals surface area contributed by atoms with Crippen molar-refractivity contribution < 1.29 is 23.8 Å². The molecule has 0 spiro atoms. The van der Waals surface area contributed by atoms with Crippen molar-refractivity contribution in [1.82, 2.24) is 15.1 Å². The van der Waals surface area contributed by atoms with Crippen molar-refractivity contribution in [2.75, 3.05) is 0 Å². The van der Waals surface area contributed by atoms with E-state index >= 15 is 0 Å². The number of hydrogen-bond donors (Lipinski definition) is 2. The molecule has 2 heterocycles. The minimum atomic E-state index is -1.29. The summed E-state index contributed by atoms with van der Waals surface area (Å²) in [4.78, 5) is 24.5. The largest absolute Gasteiger partial charge is 0.478 e. The summed E-state index contributed by atoms with van der Waals surface area (Å²) in [6.07, 6.45) is 4.43. The number of aromatic nitrogens is 2. The van der Waals surface area contributed by atoms with Gasteiger partial charge in [0.05, 0.1) is 18.2 Å². The first-order valence-corrected chi connectivity index (χ1v) is 12.2. The van der Waals surface area contributed by atoms with Crippen LogP contribution in [0.1, 0.15) is 48.3 Å². The summed E-state index contributed by atoms with van der Waals surface area (Å²) in [6, 6.07) is 17.1. The maximum atomic E-state index is 12.8. The van der Waals surface area contributed by atoms with Crippen LogP contribution in [0.2, 0.25) is 0 Å². The van der Waals surface area contributed by atoms with Crippen LogP contribution in [0, 0.1) is 6.92 Å². The average Bonchev–Trinajstić information content (AvgIpc) is 3.54. The van der Waals surface area contributed by atoms with Crippen LogP contribution in [0.25, 0.3) is 22.4 Å². The van der Waals surface area contributed by atoms with Crippen molar-refractivity contribution in [3.8, 4) is 28.1 Å². The summed E-state index contributed by atoms with van der Waals surface area (Å²) in [6.45, 7) is 5.67. The van der Waals surface area contributed by atoms with E-state index in [0.717, 1.165) is 33.5 Å². The summed E-state index contributed by atoms with van der Waals surface area (Å²) >= 11 is 0. The third-order valence-electron chi connectivity index (χ3n) is 6.35. The van der Waals surface area contributed by atoms with Gasteiger partial charge in [-0.3, -0.25) is 9.48 Å². The van der Waals surface area contributed by atoms with Gasteiger partial charge in [0.15, 0.2) is 5.69 Å². The molecule has 0 radical (unpaired) electrons. The van der Waals surface area contributed by atoms with Crippen LogP contribution in [-0.2, 0) is 18.4 Å². The fourth-order valence-electron chi connectivity index (χ4n) is 4.24. The second kappa shape index (κ2) is 10.7. The molecule has 37 heavy (non-hydrogen) atoms. The number of carbonyl (C=O) groups excluding carboxylic acids is 1. The molecule has 1 unspecified atom stereocenters. The van der Waals surface area contributed by atoms with E-state index in [9.17, 15) is 14.7 Å². The molecular weight excluding hydrogens is 470 g/mol. The van der Waals surface area contributed by atoms with Gasteiger partial charge < -0.3 is 19.6 Å². The fourth-order valence-corrected chi connectivity index (χ4v) is 4.24. The van der Waals surface area contributed by atoms with E-state index in [1.807, 2.05) is 63.4 Å². The number of ether oxygens (including phenoxy) is 1. The van der Waals surface area contributed by atoms with E-state index in [1.54, 1.807) is 36.3 Å². The van der Waals surface area contributed by atoms with Gasteiger partial charge in [0.1, 0.15) is 5.75 Å². The highest BCUT2D eigenvalue weighted by molar-refractivity contribution is 5.93. The number of nitrogens with zero attached hydrogens (tertiary/aromatic N) is 2. The van der Waals surface area contributed by atoms with E-state index in [4.69, 9.17) is 9.15 Å². The highest BCUT2D eigenvalue weighted by atomic mass is 16.5. The normalized spacial score (nSPS) is 12.6. The predicted octanol–water partition coefficient (Wildman–Crippen LogP) is 5.61. The third-order valence-corrected chi connectivity index (χ3v) is 6.35. The zero-order valence-corrected chi connectivity index (χ0v) is 21.4. The van der Waals surface area contributed by atoms with Crippen molar-refractivity contribution in [1.29, 1.82) is 0 Å². The topological polar surface area (TPSA) is 107 Å². The number of carboxylic acid groups (broad SMARTS) is 1. The summed E-state index contributed by atoms with van der Waals surface area (Å²) in [5.74, 6) is -0.758. The van der Waals surface area contributed by atoms with Crippen LogP contribution in [0.15, 0.2) is 71.5 Å². The molecule has 0 bridgehead atoms. The summed E-state index contributed by atoms with van der Waals surface area (Å²) in [7, 11) is 1.81. The summed E-state index contributed by atoms with van der Waals surface area (Å²) in [5.41, 5.74) is 4.53. The molecule has 0 fully saturated rings. The zero-order chi connectivity index (χ0) is 26.6. The molecule has 2 aromatic carbocycles. The van der Waals surface area contributed by atoms with Crippen LogP contribution in [-0.4, -0.2) is 32.4 Å². The number of aliphatic carboxylic acids is 1. The van der Waals surface area contributed by atoms with Gasteiger partial charge in [-0.25, -0.2) is 4.79 Å². The predicted molar refractivity (Wildman–Crippen MR) is 140 cm³/mol. The Labute approximate surface area is 215 Å². The smallest absolute Gasteiger partial charge is 0.347 e. The molecule has 2 aromatic heterocycles. The lowest BCUT2D eigenvalue weighted by Crippen LogP contribution is -2.41. The molecule has 1 amide bonds. The maximum absolute atomic E-state index is 12.8. The number of carbonyl (C=O) groups is 2. The van der Waals surface area contributed by atoms with Gasteiger partial charge >= 0.3 is 5.97 Å². The van der Waals surface area contributed by atoms with E-state index in [0.29, 0.717) is 30.8 Å². The highest BCUT2D eigenvalue weighted by Gasteiger charge is 2.35. The lowest BCUT2D eigenvalue weighted by atomic mass is 10.00. The number of carboxylic acids is 1. The molecule has 0 aliphatic rings. The van der Waals surface area contributed by atoms with Crippen molar-refractivity contribution in [3.05, 3.63) is 83.9 Å². The van der Waals surface area contributed by atoms with E-state index in [-0.39, 0.29) is 5.91 Å². The van der Waals surface area contributed by atoms with E-state index < -0.39 is 11.6 Å².